The van der Waals surface area contributed by atoms with Crippen LogP contribution < -0.4 is 10.6 Å². The Kier molecular flexibility index (Phi) is 6.13. The van der Waals surface area contributed by atoms with Gasteiger partial charge >= 0.3 is 0 Å². The molecule has 26 heavy (non-hydrogen) atoms. The lowest BCUT2D eigenvalue weighted by atomic mass is 10.2. The lowest BCUT2D eigenvalue weighted by Crippen LogP contribution is -2.28. The van der Waals surface area contributed by atoms with Crippen molar-refractivity contribution in [2.24, 2.45) is 0 Å². The molecule has 1 heterocycles. The lowest BCUT2D eigenvalue weighted by molar-refractivity contribution is 0.477. The zero-order chi connectivity index (χ0) is 18.6. The topological polar surface area (TPSA) is 61.4 Å². The molecular weight excluding hydrogens is 390 g/mol. The van der Waals surface area contributed by atoms with Gasteiger partial charge in [0.1, 0.15) is 0 Å². The minimum atomic E-state index is -3.39. The molecule has 2 N–H and O–H groups in total. The highest BCUT2D eigenvalue weighted by Gasteiger charge is 2.26. The van der Waals surface area contributed by atoms with Crippen LogP contribution in [0.4, 0.5) is 5.69 Å². The lowest BCUT2D eigenvalue weighted by Gasteiger charge is -2.16. The zero-order valence-electron chi connectivity index (χ0n) is 14.1. The largest absolute Gasteiger partial charge is 0.358 e. The molecule has 0 radical (unpaired) electrons. The SMILES string of the molecule is O=S(=O)(c1ccc(NC(=S)NCc2ccc(Cl)cc2)cc1)N1CCCC1. The maximum absolute atomic E-state index is 12.5. The van der Waals surface area contributed by atoms with E-state index in [-0.39, 0.29) is 0 Å². The van der Waals surface area contributed by atoms with Crippen molar-refractivity contribution in [3.63, 3.8) is 0 Å². The number of sulfonamides is 1. The molecule has 3 rings (SSSR count). The Bertz CT molecular complexity index is 862. The van der Waals surface area contributed by atoms with Gasteiger partial charge in [-0.05, 0) is 67.0 Å². The third kappa shape index (κ3) is 4.73. The van der Waals surface area contributed by atoms with Crippen LogP contribution >= 0.6 is 23.8 Å². The molecule has 0 spiro atoms. The highest BCUT2D eigenvalue weighted by atomic mass is 35.5. The first-order valence-electron chi connectivity index (χ1n) is 8.35. The number of hydrogen-bond donors (Lipinski definition) is 2. The summed E-state index contributed by atoms with van der Waals surface area (Å²) >= 11 is 11.1. The summed E-state index contributed by atoms with van der Waals surface area (Å²) in [4.78, 5) is 0.310. The second-order valence-corrected chi connectivity index (χ2v) is 8.85. The molecule has 2 aromatic rings. The van der Waals surface area contributed by atoms with Crippen LogP contribution in [0.3, 0.4) is 0 Å². The molecule has 0 saturated carbocycles. The first-order valence-corrected chi connectivity index (χ1v) is 10.6. The van der Waals surface area contributed by atoms with E-state index in [0.717, 1.165) is 24.1 Å². The van der Waals surface area contributed by atoms with E-state index in [1.165, 1.54) is 4.31 Å². The molecule has 0 unspecified atom stereocenters. The molecule has 1 aliphatic rings. The molecule has 1 aliphatic heterocycles. The molecule has 0 amide bonds. The minimum Gasteiger partial charge on any atom is -0.358 e. The Balaban J connectivity index is 1.56. The number of hydrogen-bond acceptors (Lipinski definition) is 3. The molecule has 5 nitrogen and oxygen atoms in total. The summed E-state index contributed by atoms with van der Waals surface area (Å²) in [5.41, 5.74) is 1.80. The van der Waals surface area contributed by atoms with Crippen LogP contribution in [0.25, 0.3) is 0 Å². The summed E-state index contributed by atoms with van der Waals surface area (Å²) < 4.78 is 26.6. The maximum Gasteiger partial charge on any atom is 0.243 e. The van der Waals surface area contributed by atoms with E-state index in [0.29, 0.717) is 34.7 Å². The Morgan fingerprint density at radius 2 is 1.65 bits per heavy atom. The number of halogens is 1. The number of thiocarbonyl (C=S) groups is 1. The molecule has 8 heteroatoms. The number of rotatable bonds is 5. The quantitative estimate of drug-likeness (QED) is 0.738. The van der Waals surface area contributed by atoms with Crippen LogP contribution in [-0.2, 0) is 16.6 Å². The molecule has 0 aliphatic carbocycles. The normalized spacial score (nSPS) is 15.0. The maximum atomic E-state index is 12.5. The van der Waals surface area contributed by atoms with Gasteiger partial charge in [-0.3, -0.25) is 0 Å². The van der Waals surface area contributed by atoms with Gasteiger partial charge in [0.05, 0.1) is 4.90 Å². The summed E-state index contributed by atoms with van der Waals surface area (Å²) in [6.07, 6.45) is 1.85. The average Bonchev–Trinajstić information content (AvgIpc) is 3.17. The average molecular weight is 410 g/mol. The van der Waals surface area contributed by atoms with Gasteiger partial charge in [0.15, 0.2) is 5.11 Å². The van der Waals surface area contributed by atoms with Crippen molar-refractivity contribution in [3.05, 3.63) is 59.1 Å². The van der Waals surface area contributed by atoms with Gasteiger partial charge in [-0.1, -0.05) is 23.7 Å². The second-order valence-electron chi connectivity index (χ2n) is 6.07. The third-order valence-corrected chi connectivity index (χ3v) is 6.59. The Labute approximate surface area is 164 Å². The fourth-order valence-corrected chi connectivity index (χ4v) is 4.58. The van der Waals surface area contributed by atoms with Crippen LogP contribution in [0.2, 0.25) is 5.02 Å². The molecule has 1 fully saturated rings. The van der Waals surface area contributed by atoms with Crippen LogP contribution in [0.5, 0.6) is 0 Å². The van der Waals surface area contributed by atoms with Gasteiger partial charge in [0, 0.05) is 30.3 Å². The first kappa shape index (κ1) is 19.1. The minimum absolute atomic E-state index is 0.310. The molecule has 0 bridgehead atoms. The Morgan fingerprint density at radius 3 is 2.27 bits per heavy atom. The van der Waals surface area contributed by atoms with Crippen molar-refractivity contribution in [2.45, 2.75) is 24.3 Å². The van der Waals surface area contributed by atoms with E-state index in [1.54, 1.807) is 24.3 Å². The van der Waals surface area contributed by atoms with Crippen molar-refractivity contribution in [3.8, 4) is 0 Å². The fourth-order valence-electron chi connectivity index (χ4n) is 2.75. The van der Waals surface area contributed by atoms with E-state index in [4.69, 9.17) is 23.8 Å². The summed E-state index contributed by atoms with van der Waals surface area (Å²) in [5, 5.41) is 7.33. The molecule has 2 aromatic carbocycles. The number of nitrogens with one attached hydrogen (secondary N) is 2. The highest BCUT2D eigenvalue weighted by Crippen LogP contribution is 2.22. The molecule has 0 atom stereocenters. The number of benzene rings is 2. The third-order valence-electron chi connectivity index (χ3n) is 4.18. The number of anilines is 1. The second kappa shape index (κ2) is 8.35. The van der Waals surface area contributed by atoms with Crippen molar-refractivity contribution in [1.29, 1.82) is 0 Å². The summed E-state index contributed by atoms with van der Waals surface area (Å²) in [7, 11) is -3.39. The number of nitrogens with zero attached hydrogens (tertiary/aromatic N) is 1. The standard InChI is InChI=1S/C18H20ClN3O2S2/c19-15-5-3-14(4-6-15)13-20-18(25)21-16-7-9-17(10-8-16)26(23,24)22-11-1-2-12-22/h3-10H,1-2,11-13H2,(H2,20,21,25). The van der Waals surface area contributed by atoms with Gasteiger partial charge in [0.2, 0.25) is 10.0 Å². The first-order chi connectivity index (χ1) is 12.4. The molecule has 0 aromatic heterocycles. The summed E-state index contributed by atoms with van der Waals surface area (Å²) in [6.45, 7) is 1.77. The monoisotopic (exact) mass is 409 g/mol. The van der Waals surface area contributed by atoms with Crippen molar-refractivity contribution in [2.75, 3.05) is 18.4 Å². The smallest absolute Gasteiger partial charge is 0.243 e. The summed E-state index contributed by atoms with van der Waals surface area (Å²) in [6, 6.07) is 14.2. The van der Waals surface area contributed by atoms with Gasteiger partial charge in [-0.2, -0.15) is 4.31 Å². The van der Waals surface area contributed by atoms with Crippen molar-refractivity contribution in [1.82, 2.24) is 9.62 Å². The van der Waals surface area contributed by atoms with E-state index in [1.807, 2.05) is 24.3 Å². The van der Waals surface area contributed by atoms with Crippen LogP contribution in [0, 0.1) is 0 Å². The zero-order valence-corrected chi connectivity index (χ0v) is 16.5. The van der Waals surface area contributed by atoms with Gasteiger partial charge in [-0.15, -0.1) is 0 Å². The van der Waals surface area contributed by atoms with Crippen LogP contribution in [0.15, 0.2) is 53.4 Å². The van der Waals surface area contributed by atoms with E-state index in [2.05, 4.69) is 10.6 Å². The highest BCUT2D eigenvalue weighted by molar-refractivity contribution is 7.89. The summed E-state index contributed by atoms with van der Waals surface area (Å²) in [5.74, 6) is 0. The van der Waals surface area contributed by atoms with Crippen LogP contribution in [-0.4, -0.2) is 30.9 Å². The van der Waals surface area contributed by atoms with Crippen LogP contribution in [0.1, 0.15) is 18.4 Å². The molecular formula is C18H20ClN3O2S2. The predicted molar refractivity (Wildman–Crippen MR) is 109 cm³/mol. The van der Waals surface area contributed by atoms with E-state index < -0.39 is 10.0 Å². The van der Waals surface area contributed by atoms with Gasteiger partial charge < -0.3 is 10.6 Å². The Hall–Kier alpha value is -1.67. The fraction of sp³-hybridized carbons (Fsp3) is 0.278. The van der Waals surface area contributed by atoms with Crippen molar-refractivity contribution < 1.29 is 8.42 Å². The van der Waals surface area contributed by atoms with E-state index in [9.17, 15) is 8.42 Å². The Morgan fingerprint density at radius 1 is 1.04 bits per heavy atom. The molecule has 1 saturated heterocycles. The predicted octanol–water partition coefficient (Wildman–Crippen LogP) is 3.61. The van der Waals surface area contributed by atoms with Crippen molar-refractivity contribution >= 4 is 44.6 Å². The van der Waals surface area contributed by atoms with Gasteiger partial charge in [-0.25, -0.2) is 8.42 Å². The molecule has 138 valence electrons. The van der Waals surface area contributed by atoms with E-state index >= 15 is 0 Å². The van der Waals surface area contributed by atoms with Gasteiger partial charge in [0.25, 0.3) is 0 Å².